The molecule has 0 aromatic carbocycles. The molecule has 2 aromatic rings. The molecule has 0 amide bonds. The number of methoxy groups -OCH3 is 1. The van der Waals surface area contributed by atoms with Crippen molar-refractivity contribution in [2.45, 2.75) is 26.8 Å². The molecule has 1 N–H and O–H groups in total. The average Bonchev–Trinajstić information content (AvgIpc) is 2.76. The Morgan fingerprint density at radius 3 is 2.72 bits per heavy atom. The van der Waals surface area contributed by atoms with Crippen molar-refractivity contribution in [3.05, 3.63) is 34.0 Å². The Morgan fingerprint density at radius 2 is 2.11 bits per heavy atom. The molecule has 0 fully saturated rings. The van der Waals surface area contributed by atoms with Gasteiger partial charge in [0.05, 0.1) is 25.0 Å². The van der Waals surface area contributed by atoms with Gasteiger partial charge in [-0.3, -0.25) is 4.98 Å². The lowest BCUT2D eigenvalue weighted by molar-refractivity contribution is 0.414. The van der Waals surface area contributed by atoms with E-state index in [0.717, 1.165) is 27.8 Å². The predicted octanol–water partition coefficient (Wildman–Crippen LogP) is 3.34. The molecule has 5 heteroatoms. The van der Waals surface area contributed by atoms with E-state index in [4.69, 9.17) is 4.74 Å². The molecule has 0 aliphatic heterocycles. The lowest BCUT2D eigenvalue weighted by atomic mass is 10.2. The molecule has 1 unspecified atom stereocenters. The van der Waals surface area contributed by atoms with Gasteiger partial charge in [0.2, 0.25) is 0 Å². The second kappa shape index (κ2) is 5.35. The predicted molar refractivity (Wildman–Crippen MR) is 74.4 cm³/mol. The number of aromatic nitrogens is 2. The van der Waals surface area contributed by atoms with Gasteiger partial charge in [-0.05, 0) is 26.8 Å². The fourth-order valence-corrected chi connectivity index (χ4v) is 2.49. The highest BCUT2D eigenvalue weighted by molar-refractivity contribution is 7.09. The minimum atomic E-state index is 0.152. The zero-order chi connectivity index (χ0) is 13.1. The SMILES string of the molecule is COc1cnc(C)cc1NC(C)c1nc(C)cs1. The molecular weight excluding hydrogens is 246 g/mol. The number of hydrogen-bond acceptors (Lipinski definition) is 5. The summed E-state index contributed by atoms with van der Waals surface area (Å²) in [6.45, 7) is 6.06. The highest BCUT2D eigenvalue weighted by Gasteiger charge is 2.12. The van der Waals surface area contributed by atoms with E-state index >= 15 is 0 Å². The number of aryl methyl sites for hydroxylation is 2. The number of rotatable bonds is 4. The number of ether oxygens (including phenoxy) is 1. The molecule has 4 nitrogen and oxygen atoms in total. The summed E-state index contributed by atoms with van der Waals surface area (Å²) in [7, 11) is 1.65. The topological polar surface area (TPSA) is 47.0 Å². The van der Waals surface area contributed by atoms with E-state index in [2.05, 4.69) is 27.6 Å². The minimum Gasteiger partial charge on any atom is -0.493 e. The van der Waals surface area contributed by atoms with Gasteiger partial charge in [-0.2, -0.15) is 0 Å². The summed E-state index contributed by atoms with van der Waals surface area (Å²) in [5, 5.41) is 6.55. The molecular formula is C13H17N3OS. The fraction of sp³-hybridized carbons (Fsp3) is 0.385. The number of anilines is 1. The van der Waals surface area contributed by atoms with Gasteiger partial charge in [0.15, 0.2) is 5.75 Å². The smallest absolute Gasteiger partial charge is 0.160 e. The van der Waals surface area contributed by atoms with Crippen molar-refractivity contribution >= 4 is 17.0 Å². The molecule has 2 rings (SSSR count). The first-order valence-electron chi connectivity index (χ1n) is 5.79. The van der Waals surface area contributed by atoms with Crippen molar-refractivity contribution in [1.29, 1.82) is 0 Å². The molecule has 0 spiro atoms. The molecule has 0 bridgehead atoms. The second-order valence-electron chi connectivity index (χ2n) is 4.22. The maximum atomic E-state index is 5.30. The minimum absolute atomic E-state index is 0.152. The van der Waals surface area contributed by atoms with E-state index in [-0.39, 0.29) is 6.04 Å². The van der Waals surface area contributed by atoms with Crippen LogP contribution in [0.5, 0.6) is 5.75 Å². The van der Waals surface area contributed by atoms with Gasteiger partial charge in [0, 0.05) is 16.8 Å². The fourth-order valence-electron chi connectivity index (χ4n) is 1.69. The van der Waals surface area contributed by atoms with Crippen molar-refractivity contribution in [2.75, 3.05) is 12.4 Å². The van der Waals surface area contributed by atoms with Crippen LogP contribution in [0.15, 0.2) is 17.6 Å². The van der Waals surface area contributed by atoms with Gasteiger partial charge in [-0.15, -0.1) is 11.3 Å². The average molecular weight is 263 g/mol. The van der Waals surface area contributed by atoms with E-state index in [1.807, 2.05) is 19.9 Å². The quantitative estimate of drug-likeness (QED) is 0.919. The summed E-state index contributed by atoms with van der Waals surface area (Å²) in [5.74, 6) is 0.751. The number of pyridine rings is 1. The maximum absolute atomic E-state index is 5.30. The Hall–Kier alpha value is -1.62. The molecule has 0 radical (unpaired) electrons. The highest BCUT2D eigenvalue weighted by Crippen LogP contribution is 2.28. The third kappa shape index (κ3) is 2.79. The Morgan fingerprint density at radius 1 is 1.33 bits per heavy atom. The summed E-state index contributed by atoms with van der Waals surface area (Å²) in [6, 6.07) is 2.13. The molecule has 0 aliphatic carbocycles. The number of thiazole rings is 1. The van der Waals surface area contributed by atoms with Crippen LogP contribution in [0.1, 0.15) is 29.4 Å². The monoisotopic (exact) mass is 263 g/mol. The maximum Gasteiger partial charge on any atom is 0.160 e. The number of nitrogens with zero attached hydrogens (tertiary/aromatic N) is 2. The molecule has 1 atom stereocenters. The molecule has 18 heavy (non-hydrogen) atoms. The summed E-state index contributed by atoms with van der Waals surface area (Å²) >= 11 is 1.66. The van der Waals surface area contributed by atoms with E-state index in [1.54, 1.807) is 24.6 Å². The standard InChI is InChI=1S/C13H17N3OS/c1-8-5-11(12(17-4)6-14-8)16-10(3)13-15-9(2)7-18-13/h5-7,10H,1-4H3,(H,14,16). The zero-order valence-electron chi connectivity index (χ0n) is 11.0. The van der Waals surface area contributed by atoms with Crippen LogP contribution in [0, 0.1) is 13.8 Å². The Kier molecular flexibility index (Phi) is 3.81. The third-order valence-electron chi connectivity index (χ3n) is 2.60. The van der Waals surface area contributed by atoms with Crippen LogP contribution in [0.4, 0.5) is 5.69 Å². The van der Waals surface area contributed by atoms with Gasteiger partial charge < -0.3 is 10.1 Å². The Balaban J connectivity index is 2.20. The van der Waals surface area contributed by atoms with E-state index in [9.17, 15) is 0 Å². The van der Waals surface area contributed by atoms with Crippen molar-refractivity contribution in [2.24, 2.45) is 0 Å². The summed E-state index contributed by atoms with van der Waals surface area (Å²) < 4.78 is 5.30. The first-order valence-corrected chi connectivity index (χ1v) is 6.67. The van der Waals surface area contributed by atoms with Crippen LogP contribution in [0.3, 0.4) is 0 Å². The molecule has 0 saturated carbocycles. The highest BCUT2D eigenvalue weighted by atomic mass is 32.1. The van der Waals surface area contributed by atoms with Crippen LogP contribution in [0.25, 0.3) is 0 Å². The summed E-state index contributed by atoms with van der Waals surface area (Å²) in [6.07, 6.45) is 1.73. The van der Waals surface area contributed by atoms with Crippen LogP contribution >= 0.6 is 11.3 Å². The lowest BCUT2D eigenvalue weighted by Gasteiger charge is -2.15. The lowest BCUT2D eigenvalue weighted by Crippen LogP contribution is -2.08. The van der Waals surface area contributed by atoms with Crippen molar-refractivity contribution in [1.82, 2.24) is 9.97 Å². The van der Waals surface area contributed by atoms with E-state index < -0.39 is 0 Å². The number of hydrogen-bond donors (Lipinski definition) is 1. The van der Waals surface area contributed by atoms with Gasteiger partial charge in [-0.1, -0.05) is 0 Å². The summed E-state index contributed by atoms with van der Waals surface area (Å²) in [5.41, 5.74) is 2.97. The second-order valence-corrected chi connectivity index (χ2v) is 5.11. The van der Waals surface area contributed by atoms with E-state index in [1.165, 1.54) is 0 Å². The van der Waals surface area contributed by atoms with Gasteiger partial charge in [0.25, 0.3) is 0 Å². The Labute approximate surface area is 111 Å². The van der Waals surface area contributed by atoms with Crippen LogP contribution < -0.4 is 10.1 Å². The van der Waals surface area contributed by atoms with Crippen molar-refractivity contribution in [3.63, 3.8) is 0 Å². The first kappa shape index (κ1) is 12.8. The largest absolute Gasteiger partial charge is 0.493 e. The van der Waals surface area contributed by atoms with Crippen LogP contribution in [-0.2, 0) is 0 Å². The van der Waals surface area contributed by atoms with Gasteiger partial charge in [-0.25, -0.2) is 4.98 Å². The molecule has 2 aromatic heterocycles. The van der Waals surface area contributed by atoms with Gasteiger partial charge >= 0.3 is 0 Å². The first-order chi connectivity index (χ1) is 8.60. The molecule has 0 aliphatic rings. The van der Waals surface area contributed by atoms with Crippen LogP contribution in [0.2, 0.25) is 0 Å². The van der Waals surface area contributed by atoms with Crippen molar-refractivity contribution < 1.29 is 4.74 Å². The molecule has 2 heterocycles. The summed E-state index contributed by atoms with van der Waals surface area (Å²) in [4.78, 5) is 8.70. The Bertz CT molecular complexity index is 539. The normalized spacial score (nSPS) is 12.2. The third-order valence-corrected chi connectivity index (χ3v) is 3.75. The molecule has 0 saturated heterocycles. The van der Waals surface area contributed by atoms with Gasteiger partial charge in [0.1, 0.15) is 5.01 Å². The zero-order valence-corrected chi connectivity index (χ0v) is 11.8. The number of nitrogens with one attached hydrogen (secondary N) is 1. The van der Waals surface area contributed by atoms with E-state index in [0.29, 0.717) is 0 Å². The van der Waals surface area contributed by atoms with Crippen LogP contribution in [-0.4, -0.2) is 17.1 Å². The van der Waals surface area contributed by atoms with Crippen molar-refractivity contribution in [3.8, 4) is 5.75 Å². The molecule has 96 valence electrons.